The van der Waals surface area contributed by atoms with Crippen molar-refractivity contribution in [1.82, 2.24) is 0 Å². The largest absolute Gasteiger partial charge is 0.491 e. The molecule has 0 aliphatic carbocycles. The number of fused-ring (bicyclic) bond motifs is 2. The van der Waals surface area contributed by atoms with Crippen molar-refractivity contribution in [1.29, 1.82) is 0 Å². The van der Waals surface area contributed by atoms with Gasteiger partial charge in [0.25, 0.3) is 0 Å². The van der Waals surface area contributed by atoms with Gasteiger partial charge in [0, 0.05) is 10.8 Å². The SMILES string of the molecule is c1ccc([P+](Cc2ccc(OCCOCCOCCOc3ccc(C[P+](c4ccccc4)(c4ccccc4)c4ccccc4)c4ccccc34)c3ccccc23)(c2ccccc2)c2ccccc2)cc1. The number of hydrogen-bond donors (Lipinski definition) is 0. The lowest BCUT2D eigenvalue weighted by atomic mass is 10.0. The van der Waals surface area contributed by atoms with Crippen molar-refractivity contribution < 1.29 is 18.9 Å². The minimum atomic E-state index is -2.08. The van der Waals surface area contributed by atoms with Gasteiger partial charge in [-0.3, -0.25) is 0 Å². The van der Waals surface area contributed by atoms with Crippen LogP contribution in [0.5, 0.6) is 11.5 Å². The van der Waals surface area contributed by atoms with Crippen LogP contribution in [0.1, 0.15) is 11.1 Å². The maximum atomic E-state index is 6.41. The molecule has 10 aromatic carbocycles. The fraction of sp³-hybridized carbons (Fsp3) is 0.125. The third-order valence-corrected chi connectivity index (χ3v) is 22.0. The molecule has 4 nitrogen and oxygen atoms in total. The van der Waals surface area contributed by atoms with Gasteiger partial charge in [-0.1, -0.05) is 170 Å². The van der Waals surface area contributed by atoms with Crippen LogP contribution in [0.4, 0.5) is 0 Å². The van der Waals surface area contributed by atoms with Gasteiger partial charge in [-0.25, -0.2) is 0 Å². The lowest BCUT2D eigenvalue weighted by molar-refractivity contribution is 0.0276. The van der Waals surface area contributed by atoms with E-state index in [0.717, 1.165) is 34.6 Å². The average molecular weight is 953 g/mol. The summed E-state index contributed by atoms with van der Waals surface area (Å²) in [6.07, 6.45) is 1.79. The third-order valence-electron chi connectivity index (χ3n) is 13.3. The Bertz CT molecular complexity index is 2800. The van der Waals surface area contributed by atoms with Crippen molar-refractivity contribution in [3.8, 4) is 11.5 Å². The monoisotopic (exact) mass is 952 g/mol. The molecule has 0 aromatic heterocycles. The first-order chi connectivity index (χ1) is 34.7. The van der Waals surface area contributed by atoms with Crippen molar-refractivity contribution in [2.75, 3.05) is 39.6 Å². The summed E-state index contributed by atoms with van der Waals surface area (Å²) in [5.74, 6) is 1.73. The standard InChI is InChI=1S/C64H58O4P2/c1-7-23-53(24-8-1)69(54-25-9-2-10-26-54,55-27-11-3-12-28-55)49-51-39-41-63(61-37-21-19-35-59(51)61)67-47-45-65-43-44-66-46-48-68-64-42-40-52(60-36-20-22-38-62(60)64)50-70(56-29-13-4-14-30-56,57-31-15-5-16-32-57)58-33-17-6-18-34-58/h1-42H,43-50H2/q+2. The second-order valence-electron chi connectivity index (χ2n) is 17.4. The van der Waals surface area contributed by atoms with Crippen molar-refractivity contribution in [3.63, 3.8) is 0 Å². The summed E-state index contributed by atoms with van der Waals surface area (Å²) in [5.41, 5.74) is 2.62. The minimum absolute atomic E-state index is 0.440. The Balaban J connectivity index is 0.753. The second kappa shape index (κ2) is 22.7. The van der Waals surface area contributed by atoms with Gasteiger partial charge in [0.1, 0.15) is 71.1 Å². The van der Waals surface area contributed by atoms with E-state index in [9.17, 15) is 0 Å². The van der Waals surface area contributed by atoms with E-state index < -0.39 is 14.5 Å². The molecule has 0 aliphatic heterocycles. The number of benzene rings is 10. The Kier molecular flexibility index (Phi) is 15.2. The lowest BCUT2D eigenvalue weighted by Gasteiger charge is -2.28. The van der Waals surface area contributed by atoms with Crippen LogP contribution < -0.4 is 41.3 Å². The molecule has 0 saturated heterocycles. The maximum Gasteiger partial charge on any atom is 0.127 e. The molecule has 0 radical (unpaired) electrons. The van der Waals surface area contributed by atoms with Gasteiger partial charge in [0.2, 0.25) is 0 Å². The first-order valence-electron chi connectivity index (χ1n) is 24.3. The molecule has 0 bridgehead atoms. The average Bonchev–Trinajstić information content (AvgIpc) is 3.44. The Hall–Kier alpha value is -6.90. The fourth-order valence-electron chi connectivity index (χ4n) is 9.99. The highest BCUT2D eigenvalue weighted by Gasteiger charge is 2.47. The van der Waals surface area contributed by atoms with Crippen LogP contribution in [0, 0.1) is 0 Å². The van der Waals surface area contributed by atoms with Gasteiger partial charge in [-0.2, -0.15) is 0 Å². The smallest absolute Gasteiger partial charge is 0.127 e. The van der Waals surface area contributed by atoms with Gasteiger partial charge in [-0.15, -0.1) is 0 Å². The molecule has 0 atom stereocenters. The molecule has 0 amide bonds. The summed E-state index contributed by atoms with van der Waals surface area (Å²) >= 11 is 0. The second-order valence-corrected chi connectivity index (χ2v) is 24.4. The molecule has 0 unspecified atom stereocenters. The van der Waals surface area contributed by atoms with Gasteiger partial charge in [0.15, 0.2) is 0 Å². The van der Waals surface area contributed by atoms with E-state index in [2.05, 4.69) is 255 Å². The molecule has 6 heteroatoms. The van der Waals surface area contributed by atoms with E-state index in [0.29, 0.717) is 39.6 Å². The third kappa shape index (κ3) is 10.1. The molecule has 0 N–H and O–H groups in total. The molecular formula is C64H58O4P2+2. The molecule has 0 heterocycles. The van der Waals surface area contributed by atoms with E-state index in [4.69, 9.17) is 18.9 Å². The first-order valence-corrected chi connectivity index (χ1v) is 28.2. The van der Waals surface area contributed by atoms with Gasteiger partial charge in [-0.05, 0) is 107 Å². The van der Waals surface area contributed by atoms with Gasteiger partial charge >= 0.3 is 0 Å². The van der Waals surface area contributed by atoms with Crippen LogP contribution in [0.15, 0.2) is 255 Å². The minimum Gasteiger partial charge on any atom is -0.491 e. The van der Waals surface area contributed by atoms with E-state index in [-0.39, 0.29) is 0 Å². The number of ether oxygens (including phenoxy) is 4. The van der Waals surface area contributed by atoms with Crippen LogP contribution in [-0.4, -0.2) is 39.6 Å². The fourth-order valence-corrected chi connectivity index (χ4v) is 18.5. The number of hydrogen-bond acceptors (Lipinski definition) is 4. The van der Waals surface area contributed by atoms with Crippen molar-refractivity contribution in [2.24, 2.45) is 0 Å². The van der Waals surface area contributed by atoms with Crippen LogP contribution in [0.2, 0.25) is 0 Å². The molecule has 0 fully saturated rings. The molecule has 0 spiro atoms. The predicted molar refractivity (Wildman–Crippen MR) is 298 cm³/mol. The van der Waals surface area contributed by atoms with E-state index in [1.807, 2.05) is 0 Å². The highest BCUT2D eigenvalue weighted by atomic mass is 31.2. The highest BCUT2D eigenvalue weighted by molar-refractivity contribution is 7.95. The molecule has 10 aromatic rings. The van der Waals surface area contributed by atoms with Crippen molar-refractivity contribution in [2.45, 2.75) is 12.3 Å². The summed E-state index contributed by atoms with van der Waals surface area (Å²) in [4.78, 5) is 0. The predicted octanol–water partition coefficient (Wildman–Crippen LogP) is 12.5. The van der Waals surface area contributed by atoms with Gasteiger partial charge < -0.3 is 18.9 Å². The van der Waals surface area contributed by atoms with E-state index in [1.165, 1.54) is 53.7 Å². The summed E-state index contributed by atoms with van der Waals surface area (Å²) in [5, 5.41) is 12.9. The number of rotatable bonds is 21. The lowest BCUT2D eigenvalue weighted by Crippen LogP contribution is -2.32. The van der Waals surface area contributed by atoms with Crippen LogP contribution in [0.3, 0.4) is 0 Å². The zero-order chi connectivity index (χ0) is 47.3. The summed E-state index contributed by atoms with van der Waals surface area (Å²) in [6.45, 7) is 2.74. The van der Waals surface area contributed by atoms with Crippen LogP contribution >= 0.6 is 14.5 Å². The molecular weight excluding hydrogens is 895 g/mol. The maximum absolute atomic E-state index is 6.41. The first kappa shape index (κ1) is 46.8. The Morgan fingerprint density at radius 3 is 0.757 bits per heavy atom. The molecule has 0 aliphatic rings. The Morgan fingerprint density at radius 1 is 0.229 bits per heavy atom. The molecule has 10 rings (SSSR count). The van der Waals surface area contributed by atoms with Crippen molar-refractivity contribution in [3.05, 3.63) is 266 Å². The van der Waals surface area contributed by atoms with E-state index in [1.54, 1.807) is 0 Å². The van der Waals surface area contributed by atoms with Crippen molar-refractivity contribution >= 4 is 67.9 Å². The van der Waals surface area contributed by atoms with Crippen LogP contribution in [0.25, 0.3) is 21.5 Å². The van der Waals surface area contributed by atoms with Gasteiger partial charge in [0.05, 0.1) is 38.8 Å². The molecule has 346 valence electrons. The normalized spacial score (nSPS) is 11.7. The Labute approximate surface area is 414 Å². The molecule has 0 saturated carbocycles. The topological polar surface area (TPSA) is 36.9 Å². The molecule has 70 heavy (non-hydrogen) atoms. The summed E-state index contributed by atoms with van der Waals surface area (Å²) in [7, 11) is -4.16. The zero-order valence-electron chi connectivity index (χ0n) is 39.4. The quantitative estimate of drug-likeness (QED) is 0.0531. The summed E-state index contributed by atoms with van der Waals surface area (Å²) in [6, 6.07) is 92.5. The van der Waals surface area contributed by atoms with Crippen LogP contribution in [-0.2, 0) is 21.8 Å². The summed E-state index contributed by atoms with van der Waals surface area (Å²) < 4.78 is 24.8. The van der Waals surface area contributed by atoms with E-state index >= 15 is 0 Å². The highest BCUT2D eigenvalue weighted by Crippen LogP contribution is 2.60. The zero-order valence-corrected chi connectivity index (χ0v) is 41.2. The Morgan fingerprint density at radius 2 is 0.471 bits per heavy atom.